The van der Waals surface area contributed by atoms with E-state index in [-0.39, 0.29) is 13.2 Å². The first-order valence-electron chi connectivity index (χ1n) is 7.22. The van der Waals surface area contributed by atoms with Gasteiger partial charge in [-0.2, -0.15) is 5.26 Å². The van der Waals surface area contributed by atoms with Crippen LogP contribution in [-0.4, -0.2) is 53.6 Å². The van der Waals surface area contributed by atoms with Gasteiger partial charge in [-0.1, -0.05) is 0 Å². The molecule has 0 aliphatic carbocycles. The maximum absolute atomic E-state index is 10.0. The Balaban J connectivity index is 2.40. The average Bonchev–Trinajstić information content (AvgIpc) is 2.49. The monoisotopic (exact) mass is 292 g/mol. The Morgan fingerprint density at radius 2 is 1.95 bits per heavy atom. The molecule has 116 valence electrons. The highest BCUT2D eigenvalue weighted by Crippen LogP contribution is 2.12. The summed E-state index contributed by atoms with van der Waals surface area (Å²) < 4.78 is 5.52. The van der Waals surface area contributed by atoms with Crippen LogP contribution in [0.1, 0.15) is 25.8 Å². The molecule has 1 atom stereocenters. The third-order valence-corrected chi connectivity index (χ3v) is 3.20. The van der Waals surface area contributed by atoms with E-state index >= 15 is 0 Å². The number of rotatable bonds is 9. The van der Waals surface area contributed by atoms with E-state index in [9.17, 15) is 5.11 Å². The fourth-order valence-corrected chi connectivity index (χ4v) is 1.98. The van der Waals surface area contributed by atoms with Crippen LogP contribution in [0.15, 0.2) is 24.3 Å². The smallest absolute Gasteiger partial charge is 0.119 e. The Bertz CT molecular complexity index is 440. The number of aliphatic hydroxyl groups is 2. The van der Waals surface area contributed by atoms with Crippen LogP contribution in [0.3, 0.4) is 0 Å². The lowest BCUT2D eigenvalue weighted by molar-refractivity contribution is 0.0549. The Morgan fingerprint density at radius 3 is 2.48 bits per heavy atom. The summed E-state index contributed by atoms with van der Waals surface area (Å²) in [6.45, 7) is 5.74. The van der Waals surface area contributed by atoms with Crippen molar-refractivity contribution in [3.63, 3.8) is 0 Å². The normalized spacial score (nSPS) is 12.4. The van der Waals surface area contributed by atoms with Crippen molar-refractivity contribution in [3.05, 3.63) is 29.8 Å². The van der Waals surface area contributed by atoms with Crippen molar-refractivity contribution < 1.29 is 14.9 Å². The number of ether oxygens (including phenoxy) is 1. The van der Waals surface area contributed by atoms with E-state index in [2.05, 4.69) is 18.7 Å². The van der Waals surface area contributed by atoms with Gasteiger partial charge in [0, 0.05) is 25.7 Å². The van der Waals surface area contributed by atoms with Gasteiger partial charge in [0.25, 0.3) is 0 Å². The lowest BCUT2D eigenvalue weighted by Crippen LogP contribution is -2.40. The second-order valence-corrected chi connectivity index (χ2v) is 5.27. The van der Waals surface area contributed by atoms with E-state index in [1.165, 1.54) is 0 Å². The Morgan fingerprint density at radius 1 is 1.29 bits per heavy atom. The first-order chi connectivity index (χ1) is 10.1. The highest BCUT2D eigenvalue weighted by molar-refractivity contribution is 5.34. The molecule has 5 nitrogen and oxygen atoms in total. The predicted octanol–water partition coefficient (Wildman–Crippen LogP) is 1.39. The van der Waals surface area contributed by atoms with E-state index in [1.54, 1.807) is 24.3 Å². The molecule has 1 rings (SSSR count). The molecule has 1 aromatic rings. The minimum absolute atomic E-state index is 0.154. The summed E-state index contributed by atoms with van der Waals surface area (Å²) in [7, 11) is 0. The van der Waals surface area contributed by atoms with Gasteiger partial charge in [-0.25, -0.2) is 0 Å². The van der Waals surface area contributed by atoms with Gasteiger partial charge in [0.2, 0.25) is 0 Å². The molecule has 0 saturated carbocycles. The maximum Gasteiger partial charge on any atom is 0.119 e. The van der Waals surface area contributed by atoms with Crippen molar-refractivity contribution in [2.75, 3.05) is 26.3 Å². The topological polar surface area (TPSA) is 76.7 Å². The summed E-state index contributed by atoms with van der Waals surface area (Å²) in [5.41, 5.74) is 0.581. The standard InChI is InChI=1S/C16H24N2O3/c1-13(2)18(8-3-9-19)11-15(20)12-21-16-6-4-14(10-17)5-7-16/h4-7,13,15,19-20H,3,8-9,11-12H2,1-2H3. The highest BCUT2D eigenvalue weighted by atomic mass is 16.5. The molecule has 0 amide bonds. The first-order valence-corrected chi connectivity index (χ1v) is 7.22. The Hall–Kier alpha value is -1.61. The third-order valence-electron chi connectivity index (χ3n) is 3.20. The van der Waals surface area contributed by atoms with Gasteiger partial charge in [-0.15, -0.1) is 0 Å². The summed E-state index contributed by atoms with van der Waals surface area (Å²) in [4.78, 5) is 2.11. The van der Waals surface area contributed by atoms with Crippen LogP contribution in [0.25, 0.3) is 0 Å². The molecule has 0 aliphatic rings. The largest absolute Gasteiger partial charge is 0.491 e. The van der Waals surface area contributed by atoms with Crippen molar-refractivity contribution in [3.8, 4) is 11.8 Å². The molecule has 21 heavy (non-hydrogen) atoms. The maximum atomic E-state index is 10.0. The molecule has 0 aliphatic heterocycles. The van der Waals surface area contributed by atoms with Crippen molar-refractivity contribution in [2.24, 2.45) is 0 Å². The molecular formula is C16H24N2O3. The summed E-state index contributed by atoms with van der Waals surface area (Å²) >= 11 is 0. The van der Waals surface area contributed by atoms with Gasteiger partial charge in [-0.05, 0) is 44.5 Å². The molecule has 0 bridgehead atoms. The molecule has 0 radical (unpaired) electrons. The lowest BCUT2D eigenvalue weighted by atomic mass is 10.2. The summed E-state index contributed by atoms with van der Waals surface area (Å²) in [5, 5.41) is 27.7. The fourth-order valence-electron chi connectivity index (χ4n) is 1.98. The minimum atomic E-state index is -0.596. The quantitative estimate of drug-likeness (QED) is 0.719. The van der Waals surface area contributed by atoms with E-state index in [1.807, 2.05) is 6.07 Å². The van der Waals surface area contributed by atoms with Gasteiger partial charge in [0.15, 0.2) is 0 Å². The Labute approximate surface area is 126 Å². The van der Waals surface area contributed by atoms with Crippen LogP contribution in [0.2, 0.25) is 0 Å². The van der Waals surface area contributed by atoms with Crippen LogP contribution in [0.4, 0.5) is 0 Å². The van der Waals surface area contributed by atoms with Crippen LogP contribution >= 0.6 is 0 Å². The number of nitrogens with zero attached hydrogens (tertiary/aromatic N) is 2. The van der Waals surface area contributed by atoms with E-state index < -0.39 is 6.10 Å². The van der Waals surface area contributed by atoms with Crippen molar-refractivity contribution in [2.45, 2.75) is 32.4 Å². The molecule has 5 heteroatoms. The molecule has 0 heterocycles. The zero-order valence-electron chi connectivity index (χ0n) is 12.7. The van der Waals surface area contributed by atoms with Crippen molar-refractivity contribution >= 4 is 0 Å². The average molecular weight is 292 g/mol. The minimum Gasteiger partial charge on any atom is -0.491 e. The number of aliphatic hydroxyl groups excluding tert-OH is 2. The molecule has 0 spiro atoms. The van der Waals surface area contributed by atoms with E-state index in [0.29, 0.717) is 30.3 Å². The summed E-state index contributed by atoms with van der Waals surface area (Å²) in [5.74, 6) is 0.638. The molecule has 1 unspecified atom stereocenters. The number of hydrogen-bond acceptors (Lipinski definition) is 5. The second-order valence-electron chi connectivity index (χ2n) is 5.27. The summed E-state index contributed by atoms with van der Waals surface area (Å²) in [6.07, 6.45) is 0.100. The molecule has 2 N–H and O–H groups in total. The van der Waals surface area contributed by atoms with Crippen LogP contribution in [0.5, 0.6) is 5.75 Å². The molecular weight excluding hydrogens is 268 g/mol. The van der Waals surface area contributed by atoms with Gasteiger partial charge < -0.3 is 14.9 Å². The fraction of sp³-hybridized carbons (Fsp3) is 0.562. The third kappa shape index (κ3) is 6.58. The molecule has 0 aromatic heterocycles. The molecule has 1 aromatic carbocycles. The van der Waals surface area contributed by atoms with Gasteiger partial charge in [0.1, 0.15) is 18.5 Å². The number of hydrogen-bond donors (Lipinski definition) is 2. The van der Waals surface area contributed by atoms with E-state index in [0.717, 1.165) is 6.54 Å². The lowest BCUT2D eigenvalue weighted by Gasteiger charge is -2.28. The van der Waals surface area contributed by atoms with Crippen LogP contribution in [-0.2, 0) is 0 Å². The first kappa shape index (κ1) is 17.4. The SMILES string of the molecule is CC(C)N(CCCO)CC(O)COc1ccc(C#N)cc1. The predicted molar refractivity (Wildman–Crippen MR) is 81.1 cm³/mol. The molecule has 0 saturated heterocycles. The van der Waals surface area contributed by atoms with Crippen molar-refractivity contribution in [1.29, 1.82) is 5.26 Å². The van der Waals surface area contributed by atoms with E-state index in [4.69, 9.17) is 15.1 Å². The van der Waals surface area contributed by atoms with Gasteiger partial charge >= 0.3 is 0 Å². The van der Waals surface area contributed by atoms with Crippen LogP contribution < -0.4 is 4.74 Å². The summed E-state index contributed by atoms with van der Waals surface area (Å²) in [6, 6.07) is 9.16. The number of nitriles is 1. The van der Waals surface area contributed by atoms with Gasteiger partial charge in [-0.3, -0.25) is 4.90 Å². The second kappa shape index (κ2) is 9.35. The zero-order chi connectivity index (χ0) is 15.7. The Kier molecular flexibility index (Phi) is 7.76. The van der Waals surface area contributed by atoms with Gasteiger partial charge in [0.05, 0.1) is 11.6 Å². The number of benzene rings is 1. The van der Waals surface area contributed by atoms with Crippen LogP contribution in [0, 0.1) is 11.3 Å². The highest BCUT2D eigenvalue weighted by Gasteiger charge is 2.15. The van der Waals surface area contributed by atoms with Crippen molar-refractivity contribution in [1.82, 2.24) is 4.90 Å². The molecule has 0 fully saturated rings. The zero-order valence-corrected chi connectivity index (χ0v) is 12.7.